The maximum Gasteiger partial charge on any atom is 0.0999 e. The van der Waals surface area contributed by atoms with E-state index in [0.717, 1.165) is 32.8 Å². The molecule has 2 aliphatic heterocycles. The van der Waals surface area contributed by atoms with Crippen LogP contribution in [0.25, 0.3) is 0 Å². The van der Waals surface area contributed by atoms with Gasteiger partial charge in [-0.2, -0.15) is 0 Å². The van der Waals surface area contributed by atoms with Crippen LogP contribution in [0.2, 0.25) is 0 Å². The Morgan fingerprint density at radius 1 is 1.38 bits per heavy atom. The number of rotatable bonds is 2. The van der Waals surface area contributed by atoms with Gasteiger partial charge in [0, 0.05) is 32.2 Å². The molecule has 94 valence electrons. The summed E-state index contributed by atoms with van der Waals surface area (Å²) in [7, 11) is 0. The Kier molecular flexibility index (Phi) is 3.54. The first-order valence-electron chi connectivity index (χ1n) is 6.29. The maximum atomic E-state index is 9.45. The molecule has 16 heavy (non-hydrogen) atoms. The molecule has 0 aromatic heterocycles. The summed E-state index contributed by atoms with van der Waals surface area (Å²) in [5.41, 5.74) is -0.0183. The Labute approximate surface area is 98.2 Å². The molecule has 0 spiro atoms. The molecule has 2 heterocycles. The summed E-state index contributed by atoms with van der Waals surface area (Å²) in [6.45, 7) is 11.8. The van der Waals surface area contributed by atoms with Gasteiger partial charge in [-0.15, -0.1) is 0 Å². The second-order valence-corrected chi connectivity index (χ2v) is 5.45. The van der Waals surface area contributed by atoms with Gasteiger partial charge < -0.3 is 9.84 Å². The summed E-state index contributed by atoms with van der Waals surface area (Å²) in [5, 5.41) is 9.45. The van der Waals surface area contributed by atoms with Crippen LogP contribution in [0.1, 0.15) is 20.8 Å². The minimum atomic E-state index is -0.0391. The van der Waals surface area contributed by atoms with Crippen LogP contribution in [0, 0.1) is 0 Å². The molecule has 2 atom stereocenters. The van der Waals surface area contributed by atoms with Crippen LogP contribution in [-0.4, -0.2) is 72.0 Å². The first-order chi connectivity index (χ1) is 7.58. The molecule has 4 nitrogen and oxygen atoms in total. The molecule has 1 N–H and O–H groups in total. The van der Waals surface area contributed by atoms with Gasteiger partial charge in [0.25, 0.3) is 0 Å². The Morgan fingerprint density at radius 2 is 2.12 bits per heavy atom. The molecule has 0 aromatic rings. The van der Waals surface area contributed by atoms with E-state index in [1.807, 2.05) is 0 Å². The van der Waals surface area contributed by atoms with Crippen LogP contribution in [0.15, 0.2) is 0 Å². The van der Waals surface area contributed by atoms with Crippen molar-refractivity contribution >= 4 is 0 Å². The standard InChI is InChI=1S/C12H24N2O2/c1-10(2)13-4-5-14-6-7-16-11(8-15)12(14,3)9-13/h10-11,15H,4-9H2,1-3H3/t11-,12-/m0/s1. The van der Waals surface area contributed by atoms with Gasteiger partial charge in [0.15, 0.2) is 0 Å². The van der Waals surface area contributed by atoms with Gasteiger partial charge in [-0.25, -0.2) is 0 Å². The van der Waals surface area contributed by atoms with Crippen LogP contribution in [-0.2, 0) is 4.74 Å². The van der Waals surface area contributed by atoms with Gasteiger partial charge in [-0.1, -0.05) is 0 Å². The third-order valence-electron chi connectivity index (χ3n) is 4.17. The number of morpholine rings is 1. The highest BCUT2D eigenvalue weighted by Crippen LogP contribution is 2.30. The Hall–Kier alpha value is -0.160. The average molecular weight is 228 g/mol. The van der Waals surface area contributed by atoms with Crippen molar-refractivity contribution in [2.24, 2.45) is 0 Å². The quantitative estimate of drug-likeness (QED) is 0.730. The van der Waals surface area contributed by atoms with E-state index in [1.54, 1.807) is 0 Å². The molecule has 0 aromatic carbocycles. The van der Waals surface area contributed by atoms with Crippen molar-refractivity contribution in [3.05, 3.63) is 0 Å². The lowest BCUT2D eigenvalue weighted by atomic mass is 9.87. The van der Waals surface area contributed by atoms with Crippen molar-refractivity contribution in [3.63, 3.8) is 0 Å². The fourth-order valence-electron chi connectivity index (χ4n) is 2.94. The zero-order valence-electron chi connectivity index (χ0n) is 10.6. The summed E-state index contributed by atoms with van der Waals surface area (Å²) >= 11 is 0. The fraction of sp³-hybridized carbons (Fsp3) is 1.00. The number of nitrogens with zero attached hydrogens (tertiary/aromatic N) is 2. The first-order valence-corrected chi connectivity index (χ1v) is 6.29. The number of fused-ring (bicyclic) bond motifs is 1. The Morgan fingerprint density at radius 3 is 2.75 bits per heavy atom. The van der Waals surface area contributed by atoms with Crippen molar-refractivity contribution in [2.75, 3.05) is 39.4 Å². The Bertz CT molecular complexity index is 239. The van der Waals surface area contributed by atoms with E-state index in [2.05, 4.69) is 30.6 Å². The van der Waals surface area contributed by atoms with E-state index in [1.165, 1.54) is 0 Å². The number of piperazine rings is 1. The van der Waals surface area contributed by atoms with Gasteiger partial charge in [-0.05, 0) is 20.8 Å². The van der Waals surface area contributed by atoms with Crippen LogP contribution >= 0.6 is 0 Å². The summed E-state index contributed by atoms with van der Waals surface area (Å²) in [5.74, 6) is 0. The predicted molar refractivity (Wildman–Crippen MR) is 63.5 cm³/mol. The van der Waals surface area contributed by atoms with Crippen LogP contribution < -0.4 is 0 Å². The van der Waals surface area contributed by atoms with E-state index in [-0.39, 0.29) is 18.2 Å². The molecule has 2 fully saturated rings. The molecular formula is C12H24N2O2. The zero-order chi connectivity index (χ0) is 11.8. The zero-order valence-corrected chi connectivity index (χ0v) is 10.6. The molecule has 0 amide bonds. The lowest BCUT2D eigenvalue weighted by molar-refractivity contribution is -0.163. The molecule has 0 bridgehead atoms. The fourth-order valence-corrected chi connectivity index (χ4v) is 2.94. The largest absolute Gasteiger partial charge is 0.394 e. The van der Waals surface area contributed by atoms with Gasteiger partial charge in [0.1, 0.15) is 0 Å². The van der Waals surface area contributed by atoms with Gasteiger partial charge in [0.05, 0.1) is 24.9 Å². The lowest BCUT2D eigenvalue weighted by Gasteiger charge is -2.55. The van der Waals surface area contributed by atoms with Crippen molar-refractivity contribution in [1.29, 1.82) is 0 Å². The SMILES string of the molecule is CC(C)N1CCN2CCO[C@@H](CO)[C@]2(C)C1. The minimum absolute atomic E-state index is 0.0183. The number of ether oxygens (including phenoxy) is 1. The molecule has 2 saturated heterocycles. The van der Waals surface area contributed by atoms with E-state index >= 15 is 0 Å². The van der Waals surface area contributed by atoms with Gasteiger partial charge >= 0.3 is 0 Å². The molecule has 0 aliphatic carbocycles. The highest BCUT2D eigenvalue weighted by molar-refractivity contribution is 5.02. The van der Waals surface area contributed by atoms with Crippen molar-refractivity contribution in [2.45, 2.75) is 38.5 Å². The second-order valence-electron chi connectivity index (χ2n) is 5.45. The molecule has 2 aliphatic rings. The van der Waals surface area contributed by atoms with Gasteiger partial charge in [-0.3, -0.25) is 9.80 Å². The monoisotopic (exact) mass is 228 g/mol. The second kappa shape index (κ2) is 4.61. The number of aliphatic hydroxyl groups is 1. The van der Waals surface area contributed by atoms with E-state index in [9.17, 15) is 5.11 Å². The Balaban J connectivity index is 2.13. The molecule has 0 unspecified atom stereocenters. The van der Waals surface area contributed by atoms with Crippen LogP contribution in [0.5, 0.6) is 0 Å². The third kappa shape index (κ3) is 1.99. The molecule has 0 radical (unpaired) electrons. The normalized spacial score (nSPS) is 37.7. The van der Waals surface area contributed by atoms with E-state index < -0.39 is 0 Å². The number of hydrogen-bond donors (Lipinski definition) is 1. The smallest absolute Gasteiger partial charge is 0.0999 e. The predicted octanol–water partition coefficient (Wildman–Crippen LogP) is 0.162. The van der Waals surface area contributed by atoms with Crippen molar-refractivity contribution in [1.82, 2.24) is 9.80 Å². The summed E-state index contributed by atoms with van der Waals surface area (Å²) in [6, 6.07) is 0.570. The van der Waals surface area contributed by atoms with Gasteiger partial charge in [0.2, 0.25) is 0 Å². The number of aliphatic hydroxyl groups excluding tert-OH is 1. The average Bonchev–Trinajstić information content (AvgIpc) is 2.26. The summed E-state index contributed by atoms with van der Waals surface area (Å²) in [6.07, 6.45) is -0.0391. The third-order valence-corrected chi connectivity index (χ3v) is 4.17. The van der Waals surface area contributed by atoms with Crippen molar-refractivity contribution < 1.29 is 9.84 Å². The molecule has 2 rings (SSSR count). The van der Waals surface area contributed by atoms with Crippen LogP contribution in [0.4, 0.5) is 0 Å². The van der Waals surface area contributed by atoms with E-state index in [4.69, 9.17) is 4.74 Å². The molecule has 4 heteroatoms. The van der Waals surface area contributed by atoms with Crippen molar-refractivity contribution in [3.8, 4) is 0 Å². The summed E-state index contributed by atoms with van der Waals surface area (Å²) in [4.78, 5) is 4.96. The van der Waals surface area contributed by atoms with Crippen LogP contribution in [0.3, 0.4) is 0 Å². The minimum Gasteiger partial charge on any atom is -0.394 e. The topological polar surface area (TPSA) is 35.9 Å². The molecular weight excluding hydrogens is 204 g/mol. The molecule has 0 saturated carbocycles. The number of hydrogen-bond acceptors (Lipinski definition) is 4. The maximum absolute atomic E-state index is 9.45. The summed E-state index contributed by atoms with van der Waals surface area (Å²) < 4.78 is 5.71. The highest BCUT2D eigenvalue weighted by Gasteiger charge is 2.46. The van der Waals surface area contributed by atoms with E-state index in [0.29, 0.717) is 6.04 Å². The highest BCUT2D eigenvalue weighted by atomic mass is 16.5. The first kappa shape index (κ1) is 12.3. The lowest BCUT2D eigenvalue weighted by Crippen LogP contribution is -2.70.